The largest absolute Gasteiger partial charge is 0.396 e. The molecule has 0 radical (unpaired) electrons. The van der Waals surface area contributed by atoms with Crippen LogP contribution in [0, 0.1) is 5.41 Å². The molecule has 100 valence electrons. The van der Waals surface area contributed by atoms with Gasteiger partial charge >= 0.3 is 0 Å². The summed E-state index contributed by atoms with van der Waals surface area (Å²) in [4.78, 5) is 4.03. The lowest BCUT2D eigenvalue weighted by Crippen LogP contribution is -2.36. The molecule has 3 heteroatoms. The molecule has 1 aliphatic carbocycles. The molecule has 1 fully saturated rings. The number of hydrogen-bond acceptors (Lipinski definition) is 3. The molecule has 0 atom stereocenters. The highest BCUT2D eigenvalue weighted by molar-refractivity contribution is 5.09. The van der Waals surface area contributed by atoms with Crippen LogP contribution in [0.3, 0.4) is 0 Å². The second kappa shape index (κ2) is 6.86. The minimum atomic E-state index is 0.316. The van der Waals surface area contributed by atoms with Crippen LogP contribution < -0.4 is 5.32 Å². The first-order chi connectivity index (χ1) is 8.85. The first kappa shape index (κ1) is 13.5. The van der Waals surface area contributed by atoms with Crippen molar-refractivity contribution in [3.63, 3.8) is 0 Å². The summed E-state index contributed by atoms with van der Waals surface area (Å²) in [7, 11) is 0. The maximum atomic E-state index is 9.26. The van der Waals surface area contributed by atoms with Crippen LogP contribution in [0.15, 0.2) is 24.5 Å². The Bertz CT molecular complexity index is 328. The van der Waals surface area contributed by atoms with Crippen LogP contribution in [0.4, 0.5) is 0 Å². The maximum Gasteiger partial charge on any atom is 0.0436 e. The highest BCUT2D eigenvalue weighted by Crippen LogP contribution is 2.38. The summed E-state index contributed by atoms with van der Waals surface area (Å²) >= 11 is 0. The molecule has 2 N–H and O–H groups in total. The van der Waals surface area contributed by atoms with Gasteiger partial charge in [0.2, 0.25) is 0 Å². The average molecular weight is 248 g/mol. The van der Waals surface area contributed by atoms with Gasteiger partial charge in [0.1, 0.15) is 0 Å². The first-order valence-corrected chi connectivity index (χ1v) is 7.05. The molecule has 1 saturated carbocycles. The molecule has 0 bridgehead atoms. The molecule has 0 aliphatic heterocycles. The molecule has 0 saturated heterocycles. The number of rotatable bonds is 6. The first-order valence-electron chi connectivity index (χ1n) is 7.05. The topological polar surface area (TPSA) is 45.1 Å². The van der Waals surface area contributed by atoms with Crippen molar-refractivity contribution >= 4 is 0 Å². The third-order valence-electron chi connectivity index (χ3n) is 4.13. The molecule has 1 aromatic rings. The highest BCUT2D eigenvalue weighted by atomic mass is 16.3. The Kier molecular flexibility index (Phi) is 5.14. The Labute approximate surface area is 110 Å². The molecule has 1 heterocycles. The van der Waals surface area contributed by atoms with Crippen molar-refractivity contribution in [2.75, 3.05) is 13.2 Å². The third kappa shape index (κ3) is 3.79. The molecule has 18 heavy (non-hydrogen) atoms. The summed E-state index contributed by atoms with van der Waals surface area (Å²) in [6.45, 7) is 2.24. The maximum absolute atomic E-state index is 9.26. The molecule has 0 aromatic carbocycles. The molecule has 0 spiro atoms. The van der Waals surface area contributed by atoms with Crippen LogP contribution in [-0.2, 0) is 6.54 Å². The Hall–Kier alpha value is -0.930. The van der Waals surface area contributed by atoms with Crippen molar-refractivity contribution in [2.45, 2.75) is 45.1 Å². The van der Waals surface area contributed by atoms with Gasteiger partial charge < -0.3 is 10.4 Å². The molecule has 2 rings (SSSR count). The average Bonchev–Trinajstić information content (AvgIpc) is 2.41. The lowest BCUT2D eigenvalue weighted by atomic mass is 9.72. The van der Waals surface area contributed by atoms with Crippen LogP contribution in [0.1, 0.15) is 44.1 Å². The third-order valence-corrected chi connectivity index (χ3v) is 4.13. The fraction of sp³-hybridized carbons (Fsp3) is 0.667. The van der Waals surface area contributed by atoms with Crippen LogP contribution in [-0.4, -0.2) is 23.2 Å². The molecular formula is C15H24N2O. The summed E-state index contributed by atoms with van der Waals surface area (Å²) in [5.74, 6) is 0. The zero-order valence-electron chi connectivity index (χ0n) is 11.1. The minimum absolute atomic E-state index is 0.316. The predicted molar refractivity (Wildman–Crippen MR) is 73.2 cm³/mol. The normalized spacial score (nSPS) is 18.7. The quantitative estimate of drug-likeness (QED) is 0.813. The zero-order valence-corrected chi connectivity index (χ0v) is 11.1. The smallest absolute Gasteiger partial charge is 0.0436 e. The second-order valence-corrected chi connectivity index (χ2v) is 5.49. The van der Waals surface area contributed by atoms with Crippen molar-refractivity contribution in [3.05, 3.63) is 30.1 Å². The van der Waals surface area contributed by atoms with Gasteiger partial charge in [0.25, 0.3) is 0 Å². The summed E-state index contributed by atoms with van der Waals surface area (Å²) in [5, 5.41) is 12.8. The van der Waals surface area contributed by atoms with Crippen molar-refractivity contribution in [3.8, 4) is 0 Å². The Morgan fingerprint density at radius 1 is 1.17 bits per heavy atom. The molecule has 1 aromatic heterocycles. The summed E-state index contributed by atoms with van der Waals surface area (Å²) < 4.78 is 0. The molecule has 0 unspecified atom stereocenters. The fourth-order valence-electron chi connectivity index (χ4n) is 3.03. The van der Waals surface area contributed by atoms with Crippen LogP contribution in [0.2, 0.25) is 0 Å². The Morgan fingerprint density at radius 3 is 2.56 bits per heavy atom. The lowest BCUT2D eigenvalue weighted by Gasteiger charge is -2.37. The van der Waals surface area contributed by atoms with Gasteiger partial charge in [-0.2, -0.15) is 0 Å². The van der Waals surface area contributed by atoms with Crippen molar-refractivity contribution in [1.29, 1.82) is 0 Å². The van der Waals surface area contributed by atoms with E-state index in [9.17, 15) is 5.11 Å². The van der Waals surface area contributed by atoms with E-state index in [0.717, 1.165) is 19.5 Å². The number of aliphatic hydroxyl groups is 1. The van der Waals surface area contributed by atoms with Gasteiger partial charge in [-0.3, -0.25) is 4.98 Å². The Morgan fingerprint density at radius 2 is 1.89 bits per heavy atom. The second-order valence-electron chi connectivity index (χ2n) is 5.49. The van der Waals surface area contributed by atoms with Crippen LogP contribution >= 0.6 is 0 Å². The summed E-state index contributed by atoms with van der Waals surface area (Å²) in [6.07, 6.45) is 11.1. The fourth-order valence-corrected chi connectivity index (χ4v) is 3.03. The lowest BCUT2D eigenvalue weighted by molar-refractivity contribution is 0.126. The van der Waals surface area contributed by atoms with Crippen molar-refractivity contribution in [2.24, 2.45) is 5.41 Å². The van der Waals surface area contributed by atoms with Gasteiger partial charge in [-0.05, 0) is 42.4 Å². The predicted octanol–water partition coefficient (Wildman–Crippen LogP) is 2.50. The summed E-state index contributed by atoms with van der Waals surface area (Å²) in [5.41, 5.74) is 1.61. The molecule has 0 amide bonds. The van der Waals surface area contributed by atoms with E-state index in [1.54, 1.807) is 0 Å². The highest BCUT2D eigenvalue weighted by Gasteiger charge is 2.30. The number of nitrogens with one attached hydrogen (secondary N) is 1. The van der Waals surface area contributed by atoms with Gasteiger partial charge in [0.15, 0.2) is 0 Å². The van der Waals surface area contributed by atoms with E-state index in [4.69, 9.17) is 0 Å². The van der Waals surface area contributed by atoms with E-state index < -0.39 is 0 Å². The van der Waals surface area contributed by atoms with Gasteiger partial charge in [0, 0.05) is 32.1 Å². The zero-order chi connectivity index (χ0) is 12.7. The minimum Gasteiger partial charge on any atom is -0.396 e. The van der Waals surface area contributed by atoms with E-state index in [-0.39, 0.29) is 0 Å². The van der Waals surface area contributed by atoms with Crippen molar-refractivity contribution < 1.29 is 5.11 Å². The van der Waals surface area contributed by atoms with E-state index >= 15 is 0 Å². The Balaban J connectivity index is 1.82. The van der Waals surface area contributed by atoms with E-state index in [2.05, 4.69) is 10.3 Å². The molecular weight excluding hydrogens is 224 g/mol. The van der Waals surface area contributed by atoms with Gasteiger partial charge in [-0.25, -0.2) is 0 Å². The van der Waals surface area contributed by atoms with Gasteiger partial charge in [-0.1, -0.05) is 19.3 Å². The van der Waals surface area contributed by atoms with E-state index in [1.165, 1.54) is 37.7 Å². The number of aliphatic hydroxyl groups excluding tert-OH is 1. The number of hydrogen-bond donors (Lipinski definition) is 2. The standard InChI is InChI=1S/C15H24N2O/c18-11-8-15(6-2-1-3-7-15)13-17-12-14-4-9-16-10-5-14/h4-5,9-10,17-18H,1-3,6-8,11-13H2. The van der Waals surface area contributed by atoms with Crippen LogP contribution in [0.25, 0.3) is 0 Å². The summed E-state index contributed by atoms with van der Waals surface area (Å²) in [6, 6.07) is 4.10. The van der Waals surface area contributed by atoms with E-state index in [1.807, 2.05) is 24.5 Å². The number of pyridine rings is 1. The van der Waals surface area contributed by atoms with Crippen LogP contribution in [0.5, 0.6) is 0 Å². The monoisotopic (exact) mass is 248 g/mol. The van der Waals surface area contributed by atoms with Crippen molar-refractivity contribution in [1.82, 2.24) is 10.3 Å². The number of nitrogens with zero attached hydrogens (tertiary/aromatic N) is 1. The number of aromatic nitrogens is 1. The van der Waals surface area contributed by atoms with E-state index in [0.29, 0.717) is 12.0 Å². The molecule has 1 aliphatic rings. The van der Waals surface area contributed by atoms with Gasteiger partial charge in [-0.15, -0.1) is 0 Å². The molecule has 3 nitrogen and oxygen atoms in total. The van der Waals surface area contributed by atoms with Gasteiger partial charge in [0.05, 0.1) is 0 Å². The SMILES string of the molecule is OCCC1(CNCc2ccncc2)CCCCC1.